The topological polar surface area (TPSA) is 222 Å². The van der Waals surface area contributed by atoms with Crippen LogP contribution in [0.4, 0.5) is 10.5 Å². The van der Waals surface area contributed by atoms with Gasteiger partial charge in [0.15, 0.2) is 22.5 Å². The van der Waals surface area contributed by atoms with E-state index in [9.17, 15) is 24.3 Å². The summed E-state index contributed by atoms with van der Waals surface area (Å²) in [7, 11) is 5.17. The van der Waals surface area contributed by atoms with Crippen LogP contribution >= 0.6 is 23.2 Å². The SMILES string of the molecule is CC[C@H]1OC(=O)[C@H](C)C(=O)[C@H](C)[C@@H](O[C@@H]2OC(CNC(=O)C(Cl)Cl)CC(N(C)C)C2O)[C@](C)(OC)C[C@@H](C)CN[C@H](C)[C@H]2N(CCCCn3cc(-c4cccc(N)c4)nn3)C(=O)O[C@]12C. The van der Waals surface area contributed by atoms with Gasteiger partial charge in [-0.3, -0.25) is 24.0 Å². The lowest BCUT2D eigenvalue weighted by Crippen LogP contribution is -2.61. The maximum absolute atomic E-state index is 14.5. The Labute approximate surface area is 392 Å². The third-order valence-electron chi connectivity index (χ3n) is 13.4. The largest absolute Gasteiger partial charge is 0.458 e. The van der Waals surface area contributed by atoms with Crippen LogP contribution in [0, 0.1) is 17.8 Å². The third-order valence-corrected chi connectivity index (χ3v) is 13.8. The molecule has 3 fully saturated rings. The maximum atomic E-state index is 14.5. The summed E-state index contributed by atoms with van der Waals surface area (Å²) in [6.45, 7) is 14.1. The number of aliphatic hydroxyl groups excluding tert-OH is 1. The van der Waals surface area contributed by atoms with Crippen molar-refractivity contribution in [2.45, 2.75) is 152 Å². The van der Waals surface area contributed by atoms with Crippen molar-refractivity contribution in [1.29, 1.82) is 0 Å². The number of fused-ring (bicyclic) bond motifs is 1. The fourth-order valence-electron chi connectivity index (χ4n) is 9.77. The number of nitrogen functional groups attached to an aromatic ring is 1. The van der Waals surface area contributed by atoms with Crippen molar-refractivity contribution in [3.05, 3.63) is 30.5 Å². The molecule has 0 aliphatic carbocycles. The van der Waals surface area contributed by atoms with E-state index in [-0.39, 0.29) is 18.5 Å². The number of nitrogens with one attached hydrogen (secondary N) is 2. The molecular formula is C45H70Cl2N8O10. The number of carbonyl (C=O) groups is 4. The molecule has 65 heavy (non-hydrogen) atoms. The number of Topliss-reactive ketones (excluding diaryl/α,β-unsaturated/α-hetero) is 1. The Bertz CT molecular complexity index is 1940. The first kappa shape index (κ1) is 52.4. The molecule has 5 N–H and O–H groups in total. The zero-order chi connectivity index (χ0) is 48.0. The van der Waals surface area contributed by atoms with Crippen LogP contribution in [0.5, 0.6) is 0 Å². The van der Waals surface area contributed by atoms with Crippen molar-refractivity contribution >= 4 is 52.6 Å². The van der Waals surface area contributed by atoms with Gasteiger partial charge in [-0.1, -0.05) is 61.3 Å². The number of esters is 1. The van der Waals surface area contributed by atoms with Crippen LogP contribution in [0.15, 0.2) is 30.5 Å². The molecule has 0 radical (unpaired) electrons. The zero-order valence-electron chi connectivity index (χ0n) is 39.4. The predicted molar refractivity (Wildman–Crippen MR) is 245 cm³/mol. The van der Waals surface area contributed by atoms with E-state index in [0.717, 1.165) is 5.56 Å². The van der Waals surface area contributed by atoms with Crippen LogP contribution < -0.4 is 16.4 Å². The number of hydrogen-bond donors (Lipinski definition) is 4. The molecule has 3 saturated heterocycles. The fraction of sp³-hybridized carbons (Fsp3) is 0.733. The number of ether oxygens (including phenoxy) is 5. The molecule has 0 bridgehead atoms. The number of nitrogens with two attached hydrogens (primary N) is 1. The van der Waals surface area contributed by atoms with Crippen molar-refractivity contribution in [1.82, 2.24) is 35.4 Å². The number of alkyl halides is 2. The molecule has 0 spiro atoms. The minimum atomic E-state index is -1.28. The van der Waals surface area contributed by atoms with Crippen molar-refractivity contribution < 1.29 is 48.0 Å². The predicted octanol–water partition coefficient (Wildman–Crippen LogP) is 4.18. The summed E-state index contributed by atoms with van der Waals surface area (Å²) >= 11 is 11.6. The molecule has 1 aromatic carbocycles. The molecule has 13 atom stereocenters. The van der Waals surface area contributed by atoms with Crippen molar-refractivity contribution in [2.75, 3.05) is 46.6 Å². The monoisotopic (exact) mass is 952 g/mol. The number of ketones is 1. The number of benzene rings is 1. The first-order chi connectivity index (χ1) is 30.6. The molecule has 18 nitrogen and oxygen atoms in total. The van der Waals surface area contributed by atoms with Gasteiger partial charge in [0.1, 0.15) is 23.8 Å². The molecule has 20 heteroatoms. The average molecular weight is 954 g/mol. The third kappa shape index (κ3) is 12.3. The van der Waals surface area contributed by atoms with Gasteiger partial charge in [0, 0.05) is 56.0 Å². The highest BCUT2D eigenvalue weighted by molar-refractivity contribution is 6.53. The van der Waals surface area contributed by atoms with Gasteiger partial charge in [-0.05, 0) is 98.5 Å². The molecular weight excluding hydrogens is 883 g/mol. The second kappa shape index (κ2) is 22.5. The van der Waals surface area contributed by atoms with Gasteiger partial charge in [0.25, 0.3) is 5.91 Å². The molecule has 3 aliphatic heterocycles. The first-order valence-electron chi connectivity index (χ1n) is 22.6. The highest BCUT2D eigenvalue weighted by atomic mass is 35.5. The summed E-state index contributed by atoms with van der Waals surface area (Å²) in [6, 6.07) is 6.09. The number of aliphatic hydroxyl groups is 1. The number of halogens is 2. The average Bonchev–Trinajstić information content (AvgIpc) is 3.84. The number of cyclic esters (lactones) is 1. The summed E-state index contributed by atoms with van der Waals surface area (Å²) in [6.07, 6.45) is -1.31. The van der Waals surface area contributed by atoms with Crippen molar-refractivity contribution in [3.63, 3.8) is 0 Å². The van der Waals surface area contributed by atoms with Crippen LogP contribution in [-0.2, 0) is 44.6 Å². The van der Waals surface area contributed by atoms with E-state index in [1.165, 1.54) is 14.0 Å². The highest BCUT2D eigenvalue weighted by Gasteiger charge is 2.59. The number of aromatic nitrogens is 3. The zero-order valence-corrected chi connectivity index (χ0v) is 40.9. The van der Waals surface area contributed by atoms with Gasteiger partial charge >= 0.3 is 12.1 Å². The second-order valence-electron chi connectivity index (χ2n) is 18.6. The Kier molecular flexibility index (Phi) is 18.1. The van der Waals surface area contributed by atoms with Crippen LogP contribution in [-0.4, -0.2) is 159 Å². The first-order valence-corrected chi connectivity index (χ1v) is 23.5. The maximum Gasteiger partial charge on any atom is 0.410 e. The van der Waals surface area contributed by atoms with Crippen molar-refractivity contribution in [3.8, 4) is 11.3 Å². The number of carbonyl (C=O) groups excluding carboxylic acids is 4. The number of hydrogen-bond acceptors (Lipinski definition) is 15. The van der Waals surface area contributed by atoms with Crippen molar-refractivity contribution in [2.24, 2.45) is 17.8 Å². The summed E-state index contributed by atoms with van der Waals surface area (Å²) in [5.74, 6) is -4.16. The van der Waals surface area contributed by atoms with Crippen LogP contribution in [0.2, 0.25) is 0 Å². The Balaban J connectivity index is 1.38. The van der Waals surface area contributed by atoms with Gasteiger partial charge in [-0.25, -0.2) is 4.79 Å². The summed E-state index contributed by atoms with van der Waals surface area (Å²) in [5.41, 5.74) is 5.74. The lowest BCUT2D eigenvalue weighted by atomic mass is 9.78. The lowest BCUT2D eigenvalue weighted by molar-refractivity contribution is -0.296. The number of aryl methyl sites for hydroxylation is 1. The molecule has 3 unspecified atom stereocenters. The van der Waals surface area contributed by atoms with E-state index in [0.29, 0.717) is 63.1 Å². The smallest absolute Gasteiger partial charge is 0.410 e. The number of amides is 2. The summed E-state index contributed by atoms with van der Waals surface area (Å²) < 4.78 is 33.5. The summed E-state index contributed by atoms with van der Waals surface area (Å²) in [5, 5.41) is 26.6. The van der Waals surface area contributed by atoms with E-state index in [1.54, 1.807) is 23.4 Å². The lowest BCUT2D eigenvalue weighted by Gasteiger charge is -2.47. The normalized spacial score (nSPS) is 34.2. The van der Waals surface area contributed by atoms with Crippen LogP contribution in [0.25, 0.3) is 11.3 Å². The second-order valence-corrected chi connectivity index (χ2v) is 19.7. The van der Waals surface area contributed by atoms with E-state index >= 15 is 0 Å². The van der Waals surface area contributed by atoms with Gasteiger partial charge in [-0.15, -0.1) is 5.10 Å². The number of likely N-dealkylation sites (N-methyl/N-ethyl adjacent to an activating group) is 1. The van der Waals surface area contributed by atoms with Gasteiger partial charge in [0.2, 0.25) is 0 Å². The fourth-order valence-corrected chi connectivity index (χ4v) is 9.92. The molecule has 364 valence electrons. The minimum absolute atomic E-state index is 0.0386. The molecule has 5 rings (SSSR count). The van der Waals surface area contributed by atoms with E-state index in [1.807, 2.05) is 77.2 Å². The molecule has 2 amide bonds. The molecule has 3 aliphatic rings. The number of methoxy groups -OCH3 is 1. The Morgan fingerprint density at radius 3 is 2.49 bits per heavy atom. The number of nitrogens with zero attached hydrogens (tertiary/aromatic N) is 5. The molecule has 0 saturated carbocycles. The van der Waals surface area contributed by atoms with Gasteiger partial charge in [-0.2, -0.15) is 0 Å². The van der Waals surface area contributed by atoms with Crippen LogP contribution in [0.3, 0.4) is 0 Å². The molecule has 1 aromatic heterocycles. The van der Waals surface area contributed by atoms with Crippen LogP contribution in [0.1, 0.15) is 80.6 Å². The Hall–Kier alpha value is -3.62. The van der Waals surface area contributed by atoms with E-state index < -0.39 is 94.4 Å². The van der Waals surface area contributed by atoms with E-state index in [4.69, 9.17) is 52.6 Å². The summed E-state index contributed by atoms with van der Waals surface area (Å²) in [4.78, 5) is 57.1. The van der Waals surface area contributed by atoms with Gasteiger partial charge in [0.05, 0.1) is 30.0 Å². The molecule has 4 heterocycles. The Morgan fingerprint density at radius 2 is 1.85 bits per heavy atom. The number of unbranched alkanes of at least 4 members (excludes halogenated alkanes) is 1. The minimum Gasteiger partial charge on any atom is -0.458 e. The number of rotatable bonds is 14. The highest BCUT2D eigenvalue weighted by Crippen LogP contribution is 2.40. The Morgan fingerprint density at radius 1 is 1.14 bits per heavy atom. The number of anilines is 1. The molecule has 2 aromatic rings. The quantitative estimate of drug-likeness (QED) is 0.0686. The van der Waals surface area contributed by atoms with E-state index in [2.05, 4.69) is 20.9 Å². The van der Waals surface area contributed by atoms with Gasteiger partial charge < -0.3 is 50.1 Å². The standard InChI is InChI=1S/C45H70Cl2N8O10/c1-11-34-45(7)37(55(43(60)65-45)18-13-12-17-54-24-32(51-52-54)29-15-14-16-30(48)19-29)28(5)49-22-25(2)21-44(6,61-10)38(26(3)35(56)27(4)41(59)63-34)64-42-36(57)33(53(8)9)20-31(62-42)23-50-40(58)39(46)47/h14-16,19,24-28,31,33-34,36-39,42,49,57H,11-13,17-18,20-23,48H2,1-10H3,(H,50,58)/t25-,26+,27-,28-,31?,33?,34-,36?,37-,38-,42+,44-,45-/m1/s1.